The average molecular weight is 287 g/mol. The Morgan fingerprint density at radius 2 is 2.44 bits per heavy atom. The van der Waals surface area contributed by atoms with Gasteiger partial charge in [-0.3, -0.25) is 4.79 Å². The van der Waals surface area contributed by atoms with Crippen LogP contribution in [0.15, 0.2) is 11.5 Å². The zero-order valence-electron chi connectivity index (χ0n) is 10.3. The second kappa shape index (κ2) is 6.47. The Kier molecular flexibility index (Phi) is 4.94. The fourth-order valence-corrected chi connectivity index (χ4v) is 4.26. The van der Waals surface area contributed by atoms with Crippen molar-refractivity contribution >= 4 is 29.5 Å². The van der Waals surface area contributed by atoms with Gasteiger partial charge in [-0.1, -0.05) is 25.1 Å². The van der Waals surface area contributed by atoms with Crippen molar-refractivity contribution in [2.75, 3.05) is 11.5 Å². The molecule has 1 aliphatic carbocycles. The number of hydrogen-bond acceptors (Lipinski definition) is 5. The summed E-state index contributed by atoms with van der Waals surface area (Å²) in [4.78, 5) is 10.6. The Morgan fingerprint density at radius 3 is 3.17 bits per heavy atom. The Labute approximate surface area is 115 Å². The van der Waals surface area contributed by atoms with Gasteiger partial charge in [0.2, 0.25) is 0 Å². The smallest absolute Gasteiger partial charge is 0.313 e. The highest BCUT2D eigenvalue weighted by Gasteiger charge is 2.30. The summed E-state index contributed by atoms with van der Waals surface area (Å²) in [6.07, 6.45) is 5.33. The third-order valence-corrected chi connectivity index (χ3v) is 5.27. The SMILES string of the molecule is CCSC1CCCC1n1cnnc1SCC(=O)O. The fourth-order valence-electron chi connectivity index (χ4n) is 2.32. The summed E-state index contributed by atoms with van der Waals surface area (Å²) in [5, 5.41) is 18.0. The maximum Gasteiger partial charge on any atom is 0.313 e. The molecule has 0 amide bonds. The summed E-state index contributed by atoms with van der Waals surface area (Å²) < 4.78 is 2.06. The number of hydrogen-bond donors (Lipinski definition) is 1. The Hall–Kier alpha value is -0.690. The third kappa shape index (κ3) is 3.20. The lowest BCUT2D eigenvalue weighted by atomic mass is 10.2. The van der Waals surface area contributed by atoms with E-state index in [1.807, 2.05) is 11.8 Å². The molecule has 5 nitrogen and oxygen atoms in total. The van der Waals surface area contributed by atoms with Crippen LogP contribution < -0.4 is 0 Å². The van der Waals surface area contributed by atoms with Crippen LogP contribution in [0.2, 0.25) is 0 Å². The number of thioether (sulfide) groups is 2. The minimum absolute atomic E-state index is 0.0387. The highest BCUT2D eigenvalue weighted by atomic mass is 32.2. The number of carbonyl (C=O) groups is 1. The van der Waals surface area contributed by atoms with E-state index < -0.39 is 5.97 Å². The largest absolute Gasteiger partial charge is 0.481 e. The minimum atomic E-state index is -0.819. The molecule has 1 aromatic heterocycles. The molecule has 2 rings (SSSR count). The van der Waals surface area contributed by atoms with Gasteiger partial charge in [0.1, 0.15) is 6.33 Å². The lowest BCUT2D eigenvalue weighted by Gasteiger charge is -2.20. The number of aliphatic carboxylic acids is 1. The van der Waals surface area contributed by atoms with Crippen molar-refractivity contribution in [1.29, 1.82) is 0 Å². The van der Waals surface area contributed by atoms with Gasteiger partial charge in [0, 0.05) is 11.3 Å². The van der Waals surface area contributed by atoms with E-state index in [0.717, 1.165) is 17.3 Å². The van der Waals surface area contributed by atoms with Gasteiger partial charge in [-0.2, -0.15) is 11.8 Å². The zero-order chi connectivity index (χ0) is 13.0. The first kappa shape index (κ1) is 13.7. The number of rotatable bonds is 6. The molecule has 0 radical (unpaired) electrons. The van der Waals surface area contributed by atoms with Gasteiger partial charge in [-0.25, -0.2) is 0 Å². The topological polar surface area (TPSA) is 68.0 Å². The Balaban J connectivity index is 2.07. The molecule has 0 spiro atoms. The van der Waals surface area contributed by atoms with Gasteiger partial charge in [0.25, 0.3) is 0 Å². The van der Waals surface area contributed by atoms with E-state index in [1.165, 1.54) is 24.6 Å². The molecule has 1 N–H and O–H groups in total. The number of aromatic nitrogens is 3. The molecule has 1 aromatic rings. The molecule has 1 heterocycles. The molecule has 0 aliphatic heterocycles. The lowest BCUT2D eigenvalue weighted by Crippen LogP contribution is -2.17. The van der Waals surface area contributed by atoms with Crippen LogP contribution in [-0.2, 0) is 4.79 Å². The van der Waals surface area contributed by atoms with Gasteiger partial charge >= 0.3 is 5.97 Å². The van der Waals surface area contributed by atoms with Crippen molar-refractivity contribution in [3.05, 3.63) is 6.33 Å². The number of carboxylic acids is 1. The lowest BCUT2D eigenvalue weighted by molar-refractivity contribution is -0.133. The van der Waals surface area contributed by atoms with E-state index in [9.17, 15) is 4.79 Å². The highest BCUT2D eigenvalue weighted by Crippen LogP contribution is 2.39. The Morgan fingerprint density at radius 1 is 1.61 bits per heavy atom. The van der Waals surface area contributed by atoms with Crippen molar-refractivity contribution in [3.63, 3.8) is 0 Å². The van der Waals surface area contributed by atoms with Crippen molar-refractivity contribution < 1.29 is 9.90 Å². The predicted molar refractivity (Wildman–Crippen MR) is 73.2 cm³/mol. The summed E-state index contributed by atoms with van der Waals surface area (Å²) in [6.45, 7) is 2.17. The highest BCUT2D eigenvalue weighted by molar-refractivity contribution is 8.00. The monoisotopic (exact) mass is 287 g/mol. The Bertz CT molecular complexity index is 411. The van der Waals surface area contributed by atoms with Crippen molar-refractivity contribution in [2.45, 2.75) is 42.6 Å². The zero-order valence-corrected chi connectivity index (χ0v) is 11.9. The van der Waals surface area contributed by atoms with Gasteiger partial charge < -0.3 is 9.67 Å². The van der Waals surface area contributed by atoms with Crippen LogP contribution in [0.25, 0.3) is 0 Å². The molecule has 2 unspecified atom stereocenters. The molecular formula is C11H17N3O2S2. The molecule has 0 saturated heterocycles. The van der Waals surface area contributed by atoms with Gasteiger partial charge in [-0.05, 0) is 18.6 Å². The van der Waals surface area contributed by atoms with Crippen molar-refractivity contribution in [3.8, 4) is 0 Å². The maximum atomic E-state index is 10.6. The second-order valence-corrected chi connectivity index (χ2v) is 6.65. The van der Waals surface area contributed by atoms with Crippen LogP contribution in [0.4, 0.5) is 0 Å². The van der Waals surface area contributed by atoms with Crippen molar-refractivity contribution in [2.24, 2.45) is 0 Å². The normalized spacial score (nSPS) is 23.4. The van der Waals surface area contributed by atoms with Gasteiger partial charge in [-0.15, -0.1) is 10.2 Å². The van der Waals surface area contributed by atoms with Crippen LogP contribution in [0.1, 0.15) is 32.2 Å². The summed E-state index contributed by atoms with van der Waals surface area (Å²) in [5.41, 5.74) is 0. The molecule has 18 heavy (non-hydrogen) atoms. The van der Waals surface area contributed by atoms with Gasteiger partial charge in [0.15, 0.2) is 5.16 Å². The average Bonchev–Trinajstić information content (AvgIpc) is 2.94. The molecule has 2 atom stereocenters. The third-order valence-electron chi connectivity index (χ3n) is 3.02. The van der Waals surface area contributed by atoms with E-state index in [-0.39, 0.29) is 5.75 Å². The van der Waals surface area contributed by atoms with Crippen LogP contribution in [0, 0.1) is 0 Å². The summed E-state index contributed by atoms with van der Waals surface area (Å²) in [5.74, 6) is 0.332. The number of carboxylic acid groups (broad SMARTS) is 1. The van der Waals surface area contributed by atoms with E-state index in [0.29, 0.717) is 11.3 Å². The summed E-state index contributed by atoms with van der Waals surface area (Å²) >= 11 is 3.23. The van der Waals surface area contributed by atoms with Gasteiger partial charge in [0.05, 0.1) is 5.75 Å². The second-order valence-electron chi connectivity index (χ2n) is 4.20. The van der Waals surface area contributed by atoms with E-state index in [2.05, 4.69) is 21.7 Å². The maximum absolute atomic E-state index is 10.6. The standard InChI is InChI=1S/C11H17N3O2S2/c1-2-17-9-5-3-4-8(9)14-7-12-13-11(14)18-6-10(15)16/h7-9H,2-6H2,1H3,(H,15,16). The van der Waals surface area contributed by atoms with E-state index in [4.69, 9.17) is 5.11 Å². The van der Waals surface area contributed by atoms with Crippen LogP contribution in [-0.4, -0.2) is 42.6 Å². The molecule has 0 aromatic carbocycles. The number of nitrogens with zero attached hydrogens (tertiary/aromatic N) is 3. The molecule has 7 heteroatoms. The molecular weight excluding hydrogens is 270 g/mol. The quantitative estimate of drug-likeness (QED) is 0.810. The van der Waals surface area contributed by atoms with Crippen LogP contribution >= 0.6 is 23.5 Å². The molecule has 1 aliphatic rings. The summed E-state index contributed by atoms with van der Waals surface area (Å²) in [7, 11) is 0. The summed E-state index contributed by atoms with van der Waals surface area (Å²) in [6, 6.07) is 0.418. The molecule has 1 fully saturated rings. The van der Waals surface area contributed by atoms with Crippen molar-refractivity contribution in [1.82, 2.24) is 14.8 Å². The molecule has 0 bridgehead atoms. The predicted octanol–water partition coefficient (Wildman–Crippen LogP) is 2.30. The van der Waals surface area contributed by atoms with E-state index >= 15 is 0 Å². The first-order chi connectivity index (χ1) is 8.72. The minimum Gasteiger partial charge on any atom is -0.481 e. The van der Waals surface area contributed by atoms with E-state index in [1.54, 1.807) is 6.33 Å². The first-order valence-electron chi connectivity index (χ1n) is 6.08. The fraction of sp³-hybridized carbons (Fsp3) is 0.727. The van der Waals surface area contributed by atoms with Crippen LogP contribution in [0.3, 0.4) is 0 Å². The van der Waals surface area contributed by atoms with Crippen LogP contribution in [0.5, 0.6) is 0 Å². The molecule has 1 saturated carbocycles. The molecule has 100 valence electrons. The first-order valence-corrected chi connectivity index (χ1v) is 8.11.